The highest BCUT2D eigenvalue weighted by atomic mass is 16.5. The minimum atomic E-state index is -0.495. The number of unbranched alkanes of at least 4 members (excludes halogenated alkanes) is 3. The van der Waals surface area contributed by atoms with Crippen molar-refractivity contribution < 1.29 is 9.53 Å². The number of aromatic nitrogens is 1. The average Bonchev–Trinajstić information content (AvgIpc) is 2.70. The number of rotatable bonds is 12. The number of carbonyl (C=O) groups is 1. The third kappa shape index (κ3) is 6.34. The number of ether oxygens (including phenoxy) is 1. The number of amides is 1. The highest BCUT2D eigenvalue weighted by Crippen LogP contribution is 2.31. The summed E-state index contributed by atoms with van der Waals surface area (Å²) >= 11 is 0. The third-order valence-corrected chi connectivity index (χ3v) is 5.09. The van der Waals surface area contributed by atoms with E-state index in [1.54, 1.807) is 12.1 Å². The number of primary amides is 1. The Kier molecular flexibility index (Phi) is 8.95. The van der Waals surface area contributed by atoms with Gasteiger partial charge in [0.25, 0.3) is 0 Å². The minimum Gasteiger partial charge on any atom is -0.439 e. The van der Waals surface area contributed by atoms with E-state index in [-0.39, 0.29) is 0 Å². The number of carbonyl (C=O) groups excluding carboxylic acids is 1. The molecule has 0 spiro atoms. The maximum atomic E-state index is 11.2. The maximum absolute atomic E-state index is 11.2. The normalized spacial score (nSPS) is 12.0. The Morgan fingerprint density at radius 3 is 2.64 bits per heavy atom. The van der Waals surface area contributed by atoms with Gasteiger partial charge in [-0.3, -0.25) is 4.79 Å². The fourth-order valence-electron chi connectivity index (χ4n) is 3.31. The molecule has 28 heavy (non-hydrogen) atoms. The summed E-state index contributed by atoms with van der Waals surface area (Å²) in [6, 6.07) is 9.45. The molecule has 5 nitrogen and oxygen atoms in total. The topological polar surface area (TPSA) is 77.2 Å². The molecule has 1 atom stereocenters. The molecule has 2 aromatic rings. The van der Waals surface area contributed by atoms with Crippen molar-refractivity contribution in [3.05, 3.63) is 53.2 Å². The van der Waals surface area contributed by atoms with Gasteiger partial charge in [-0.2, -0.15) is 0 Å². The Morgan fingerprint density at radius 2 is 2.00 bits per heavy atom. The summed E-state index contributed by atoms with van der Waals surface area (Å²) in [5, 5.41) is 3.61. The zero-order valence-corrected chi connectivity index (χ0v) is 17.3. The summed E-state index contributed by atoms with van der Waals surface area (Å²) in [5.41, 5.74) is 8.05. The maximum Gasteiger partial charge on any atom is 0.250 e. The van der Waals surface area contributed by atoms with Gasteiger partial charge in [0.2, 0.25) is 11.8 Å². The lowest BCUT2D eigenvalue weighted by atomic mass is 9.92. The van der Waals surface area contributed by atoms with E-state index >= 15 is 0 Å². The van der Waals surface area contributed by atoms with Gasteiger partial charge in [-0.15, -0.1) is 0 Å². The van der Waals surface area contributed by atoms with E-state index in [2.05, 4.69) is 37.1 Å². The molecule has 0 fully saturated rings. The lowest BCUT2D eigenvalue weighted by Gasteiger charge is -2.20. The standard InChI is InChI=1S/C23H33N3O2/c1-4-6-7-8-14-25-15-18(5-2)20-10-9-11-21(17(20)3)28-22-13-12-19(16-26-22)23(24)27/h9-13,16,18,25H,4-8,14-15H2,1-3H3,(H2,24,27). The van der Waals surface area contributed by atoms with E-state index in [9.17, 15) is 4.79 Å². The zero-order valence-electron chi connectivity index (χ0n) is 17.3. The van der Waals surface area contributed by atoms with Gasteiger partial charge in [0.1, 0.15) is 5.75 Å². The van der Waals surface area contributed by atoms with Crippen LogP contribution in [0.25, 0.3) is 0 Å². The Hall–Kier alpha value is -2.40. The molecule has 0 saturated heterocycles. The van der Waals surface area contributed by atoms with Crippen LogP contribution < -0.4 is 15.8 Å². The Bertz CT molecular complexity index is 744. The Balaban J connectivity index is 2.02. The summed E-state index contributed by atoms with van der Waals surface area (Å²) in [4.78, 5) is 15.4. The summed E-state index contributed by atoms with van der Waals surface area (Å²) in [6.45, 7) is 8.59. The molecular formula is C23H33N3O2. The van der Waals surface area contributed by atoms with Crippen molar-refractivity contribution in [1.82, 2.24) is 10.3 Å². The van der Waals surface area contributed by atoms with Gasteiger partial charge in [0, 0.05) is 18.8 Å². The molecule has 1 amide bonds. The van der Waals surface area contributed by atoms with Gasteiger partial charge in [0.05, 0.1) is 5.56 Å². The molecule has 3 N–H and O–H groups in total. The van der Waals surface area contributed by atoms with Gasteiger partial charge < -0.3 is 15.8 Å². The van der Waals surface area contributed by atoms with Crippen LogP contribution in [0.4, 0.5) is 0 Å². The molecule has 1 aromatic heterocycles. The number of pyridine rings is 1. The predicted molar refractivity (Wildman–Crippen MR) is 114 cm³/mol. The summed E-state index contributed by atoms with van der Waals surface area (Å²) in [6.07, 6.45) is 7.62. The highest BCUT2D eigenvalue weighted by Gasteiger charge is 2.15. The number of nitrogens with zero attached hydrogens (tertiary/aromatic N) is 1. The van der Waals surface area contributed by atoms with Crippen molar-refractivity contribution >= 4 is 5.91 Å². The van der Waals surface area contributed by atoms with Crippen LogP contribution in [0.3, 0.4) is 0 Å². The molecule has 0 aliphatic carbocycles. The van der Waals surface area contributed by atoms with Crippen LogP contribution >= 0.6 is 0 Å². The SMILES string of the molecule is CCCCCCNCC(CC)c1cccc(Oc2ccc(C(N)=O)cn2)c1C. The monoisotopic (exact) mass is 383 g/mol. The zero-order chi connectivity index (χ0) is 20.4. The molecule has 1 unspecified atom stereocenters. The fourth-order valence-corrected chi connectivity index (χ4v) is 3.31. The molecule has 0 radical (unpaired) electrons. The second-order valence-electron chi connectivity index (χ2n) is 7.19. The molecule has 1 aromatic carbocycles. The molecule has 152 valence electrons. The number of benzene rings is 1. The largest absolute Gasteiger partial charge is 0.439 e. The Morgan fingerprint density at radius 1 is 1.18 bits per heavy atom. The van der Waals surface area contributed by atoms with Gasteiger partial charge in [0.15, 0.2) is 0 Å². The quantitative estimate of drug-likeness (QED) is 0.509. The number of hydrogen-bond acceptors (Lipinski definition) is 4. The molecule has 0 aliphatic rings. The van der Waals surface area contributed by atoms with Crippen molar-refractivity contribution in [2.24, 2.45) is 5.73 Å². The van der Waals surface area contributed by atoms with Crippen molar-refractivity contribution in [3.63, 3.8) is 0 Å². The van der Waals surface area contributed by atoms with Gasteiger partial charge in [-0.1, -0.05) is 45.2 Å². The van der Waals surface area contributed by atoms with Crippen molar-refractivity contribution in [2.45, 2.75) is 58.8 Å². The second kappa shape index (κ2) is 11.4. The predicted octanol–water partition coefficient (Wildman–Crippen LogP) is 4.94. The number of nitrogens with one attached hydrogen (secondary N) is 1. The van der Waals surface area contributed by atoms with Crippen LogP contribution in [0.5, 0.6) is 11.6 Å². The smallest absolute Gasteiger partial charge is 0.250 e. The molecule has 0 aliphatic heterocycles. The van der Waals surface area contributed by atoms with E-state index in [0.29, 0.717) is 17.4 Å². The Labute approximate surface area is 168 Å². The van der Waals surface area contributed by atoms with Crippen LogP contribution in [0.2, 0.25) is 0 Å². The van der Waals surface area contributed by atoms with E-state index in [1.807, 2.05) is 12.1 Å². The second-order valence-corrected chi connectivity index (χ2v) is 7.19. The summed E-state index contributed by atoms with van der Waals surface area (Å²) in [5.74, 6) is 1.19. The molecular weight excluding hydrogens is 350 g/mol. The van der Waals surface area contributed by atoms with Crippen LogP contribution in [0.15, 0.2) is 36.5 Å². The lowest BCUT2D eigenvalue weighted by Crippen LogP contribution is -2.23. The first-order valence-electron chi connectivity index (χ1n) is 10.3. The fraction of sp³-hybridized carbons (Fsp3) is 0.478. The number of hydrogen-bond donors (Lipinski definition) is 2. The van der Waals surface area contributed by atoms with Crippen molar-refractivity contribution in [1.29, 1.82) is 0 Å². The van der Waals surface area contributed by atoms with Crippen molar-refractivity contribution in [2.75, 3.05) is 13.1 Å². The molecule has 1 heterocycles. The van der Waals surface area contributed by atoms with Gasteiger partial charge in [-0.05, 0) is 55.5 Å². The third-order valence-electron chi connectivity index (χ3n) is 5.09. The van der Waals surface area contributed by atoms with E-state index in [1.165, 1.54) is 37.4 Å². The van der Waals surface area contributed by atoms with E-state index in [0.717, 1.165) is 30.8 Å². The summed E-state index contributed by atoms with van der Waals surface area (Å²) in [7, 11) is 0. The lowest BCUT2D eigenvalue weighted by molar-refractivity contribution is 0.1000. The molecule has 0 bridgehead atoms. The first-order valence-corrected chi connectivity index (χ1v) is 10.3. The molecule has 0 saturated carbocycles. The van der Waals surface area contributed by atoms with Crippen LogP contribution in [-0.2, 0) is 0 Å². The van der Waals surface area contributed by atoms with Crippen molar-refractivity contribution in [3.8, 4) is 11.6 Å². The van der Waals surface area contributed by atoms with Crippen LogP contribution in [0.1, 0.15) is 73.4 Å². The first kappa shape index (κ1) is 21.9. The van der Waals surface area contributed by atoms with Crippen LogP contribution in [-0.4, -0.2) is 24.0 Å². The molecule has 2 rings (SSSR count). The minimum absolute atomic E-state index is 0.369. The first-order chi connectivity index (χ1) is 13.6. The summed E-state index contributed by atoms with van der Waals surface area (Å²) < 4.78 is 5.97. The average molecular weight is 384 g/mol. The van der Waals surface area contributed by atoms with Gasteiger partial charge in [-0.25, -0.2) is 4.98 Å². The van der Waals surface area contributed by atoms with Crippen LogP contribution in [0, 0.1) is 6.92 Å². The van der Waals surface area contributed by atoms with E-state index < -0.39 is 5.91 Å². The molecule has 5 heteroatoms. The number of nitrogens with two attached hydrogens (primary N) is 1. The highest BCUT2D eigenvalue weighted by molar-refractivity contribution is 5.92. The van der Waals surface area contributed by atoms with Gasteiger partial charge >= 0.3 is 0 Å². The van der Waals surface area contributed by atoms with E-state index in [4.69, 9.17) is 10.5 Å².